The Morgan fingerprint density at radius 1 is 1.36 bits per heavy atom. The third-order valence-electron chi connectivity index (χ3n) is 1.29. The molecule has 0 spiro atoms. The van der Waals surface area contributed by atoms with Gasteiger partial charge in [-0.25, -0.2) is 4.79 Å². The first-order valence-electron chi connectivity index (χ1n) is 3.07. The van der Waals surface area contributed by atoms with Crippen LogP contribution >= 0.6 is 0 Å². The summed E-state index contributed by atoms with van der Waals surface area (Å²) in [5.41, 5.74) is 1.06. The van der Waals surface area contributed by atoms with Crippen molar-refractivity contribution < 1.29 is 4.42 Å². The molecule has 2 heterocycles. The predicted octanol–water partition coefficient (Wildman–Crippen LogP) is 0.583. The summed E-state index contributed by atoms with van der Waals surface area (Å²) < 4.78 is 4.73. The van der Waals surface area contributed by atoms with Crippen molar-refractivity contribution in [2.45, 2.75) is 0 Å². The van der Waals surface area contributed by atoms with Gasteiger partial charge in [0.1, 0.15) is 5.52 Å². The molecule has 0 fully saturated rings. The van der Waals surface area contributed by atoms with Crippen LogP contribution in [0.4, 0.5) is 0 Å². The average molecular weight is 148 g/mol. The van der Waals surface area contributed by atoms with Crippen LogP contribution < -0.4 is 5.76 Å². The highest BCUT2D eigenvalue weighted by atomic mass is 16.4. The largest absolute Gasteiger partial charge is 0.439 e. The number of pyridine rings is 1. The van der Waals surface area contributed by atoms with Crippen LogP contribution in [0.5, 0.6) is 0 Å². The van der Waals surface area contributed by atoms with Crippen LogP contribution in [0.15, 0.2) is 33.7 Å². The molecule has 0 atom stereocenters. The van der Waals surface area contributed by atoms with Gasteiger partial charge in [-0.1, -0.05) is 0 Å². The summed E-state index contributed by atoms with van der Waals surface area (Å²) in [6.07, 6.45) is 3.01. The molecular weight excluding hydrogens is 144 g/mol. The fraction of sp³-hybridized carbons (Fsp3) is 0. The van der Waals surface area contributed by atoms with E-state index >= 15 is 0 Å². The molecule has 2 rings (SSSR count). The quantitative estimate of drug-likeness (QED) is 0.548. The van der Waals surface area contributed by atoms with E-state index in [0.717, 1.165) is 0 Å². The Morgan fingerprint density at radius 3 is 3.18 bits per heavy atom. The van der Waals surface area contributed by atoms with Gasteiger partial charge in [0, 0.05) is 6.20 Å². The molecule has 2 aromatic heterocycles. The molecule has 0 bridgehead atoms. The van der Waals surface area contributed by atoms with E-state index in [-0.39, 0.29) is 0 Å². The Labute approximate surface area is 61.5 Å². The summed E-state index contributed by atoms with van der Waals surface area (Å²) in [7, 11) is 0. The molecule has 0 saturated heterocycles. The fourth-order valence-electron chi connectivity index (χ4n) is 0.820. The minimum absolute atomic E-state index is 0.465. The van der Waals surface area contributed by atoms with Gasteiger partial charge >= 0.3 is 5.76 Å². The normalized spacial score (nSPS) is 10.2. The lowest BCUT2D eigenvalue weighted by Crippen LogP contribution is -2.01. The van der Waals surface area contributed by atoms with Crippen LogP contribution in [0, 0.1) is 0 Å². The average Bonchev–Trinajstić information content (AvgIpc) is 2.04. The summed E-state index contributed by atoms with van der Waals surface area (Å²) >= 11 is 0. The fourth-order valence-corrected chi connectivity index (χ4v) is 0.820. The van der Waals surface area contributed by atoms with Crippen molar-refractivity contribution >= 4 is 11.1 Å². The zero-order valence-electron chi connectivity index (χ0n) is 5.52. The Bertz CT molecular complexity index is 435. The Morgan fingerprint density at radius 2 is 2.27 bits per heavy atom. The van der Waals surface area contributed by atoms with E-state index in [1.807, 2.05) is 0 Å². The van der Waals surface area contributed by atoms with Gasteiger partial charge in [0.15, 0.2) is 5.58 Å². The zero-order valence-corrected chi connectivity index (χ0v) is 5.52. The molecule has 0 aliphatic rings. The highest BCUT2D eigenvalue weighted by Gasteiger charge is 1.94. The van der Waals surface area contributed by atoms with Crippen molar-refractivity contribution in [3.05, 3.63) is 35.1 Å². The second kappa shape index (κ2) is 2.16. The number of nitrogens with zero attached hydrogens (tertiary/aromatic N) is 2. The van der Waals surface area contributed by atoms with Gasteiger partial charge in [-0.3, -0.25) is 4.98 Å². The lowest BCUT2D eigenvalue weighted by atomic mass is 10.4. The maximum Gasteiger partial charge on any atom is 0.439 e. The molecule has 0 aromatic carbocycles. The van der Waals surface area contributed by atoms with Crippen molar-refractivity contribution in [2.24, 2.45) is 0 Å². The smallest absolute Gasteiger partial charge is 0.406 e. The molecule has 0 radical (unpaired) electrons. The first kappa shape index (κ1) is 6.03. The van der Waals surface area contributed by atoms with Crippen molar-refractivity contribution in [3.8, 4) is 0 Å². The van der Waals surface area contributed by atoms with E-state index in [9.17, 15) is 4.79 Å². The van der Waals surface area contributed by atoms with Gasteiger partial charge in [0.2, 0.25) is 0 Å². The molecule has 4 nitrogen and oxygen atoms in total. The summed E-state index contributed by atoms with van der Waals surface area (Å²) in [5.74, 6) is -0.592. The van der Waals surface area contributed by atoms with Crippen LogP contribution in [-0.4, -0.2) is 9.97 Å². The maximum atomic E-state index is 10.6. The number of rotatable bonds is 0. The van der Waals surface area contributed by atoms with Gasteiger partial charge in [-0.2, -0.15) is 4.98 Å². The molecule has 4 heteroatoms. The second-order valence-corrected chi connectivity index (χ2v) is 2.01. The van der Waals surface area contributed by atoms with E-state index in [0.29, 0.717) is 11.1 Å². The van der Waals surface area contributed by atoms with E-state index in [4.69, 9.17) is 4.42 Å². The number of hydrogen-bond acceptors (Lipinski definition) is 4. The third-order valence-corrected chi connectivity index (χ3v) is 1.29. The topological polar surface area (TPSA) is 56.0 Å². The van der Waals surface area contributed by atoms with Gasteiger partial charge in [-0.05, 0) is 12.1 Å². The molecule has 0 aliphatic carbocycles. The van der Waals surface area contributed by atoms with E-state index in [1.165, 1.54) is 6.20 Å². The number of aromatic nitrogens is 2. The molecule has 54 valence electrons. The van der Waals surface area contributed by atoms with Crippen LogP contribution in [0.1, 0.15) is 0 Å². The molecule has 0 unspecified atom stereocenters. The van der Waals surface area contributed by atoms with Gasteiger partial charge in [0.25, 0.3) is 0 Å². The van der Waals surface area contributed by atoms with E-state index < -0.39 is 5.76 Å². The van der Waals surface area contributed by atoms with Crippen molar-refractivity contribution in [2.75, 3.05) is 0 Å². The van der Waals surface area contributed by atoms with Gasteiger partial charge < -0.3 is 4.42 Å². The first-order chi connectivity index (χ1) is 5.36. The Hall–Kier alpha value is -1.71. The standard InChI is InChI=1S/C7H4N2O2/c10-7-9-4-5-6(11-7)2-1-3-8-5/h1-4H. The molecule has 0 N–H and O–H groups in total. The van der Waals surface area contributed by atoms with Crippen LogP contribution in [0.25, 0.3) is 11.1 Å². The van der Waals surface area contributed by atoms with Crippen LogP contribution in [0.3, 0.4) is 0 Å². The van der Waals surface area contributed by atoms with E-state index in [1.54, 1.807) is 18.3 Å². The Kier molecular flexibility index (Phi) is 1.18. The summed E-state index contributed by atoms with van der Waals surface area (Å²) in [5, 5.41) is 0. The highest BCUT2D eigenvalue weighted by Crippen LogP contribution is 2.03. The summed E-state index contributed by atoms with van der Waals surface area (Å²) in [4.78, 5) is 17.9. The van der Waals surface area contributed by atoms with Gasteiger partial charge in [-0.15, -0.1) is 0 Å². The minimum Gasteiger partial charge on any atom is -0.406 e. The van der Waals surface area contributed by atoms with Crippen molar-refractivity contribution in [1.29, 1.82) is 0 Å². The van der Waals surface area contributed by atoms with Crippen LogP contribution in [-0.2, 0) is 0 Å². The van der Waals surface area contributed by atoms with E-state index in [2.05, 4.69) is 9.97 Å². The van der Waals surface area contributed by atoms with Crippen molar-refractivity contribution in [3.63, 3.8) is 0 Å². The molecule has 0 saturated carbocycles. The number of hydrogen-bond donors (Lipinski definition) is 0. The number of fused-ring (bicyclic) bond motifs is 1. The predicted molar refractivity (Wildman–Crippen MR) is 38.1 cm³/mol. The molecule has 2 aromatic rings. The highest BCUT2D eigenvalue weighted by molar-refractivity contribution is 5.69. The summed E-state index contributed by atoms with van der Waals surface area (Å²) in [6.45, 7) is 0. The first-order valence-corrected chi connectivity index (χ1v) is 3.07. The SMILES string of the molecule is O=c1ncc2ncccc2o1. The lowest BCUT2D eigenvalue weighted by molar-refractivity contribution is 0.530. The molecule has 0 amide bonds. The molecule has 11 heavy (non-hydrogen) atoms. The minimum atomic E-state index is -0.592. The molecule has 0 aliphatic heterocycles. The second-order valence-electron chi connectivity index (χ2n) is 2.01. The monoisotopic (exact) mass is 148 g/mol. The maximum absolute atomic E-state index is 10.6. The van der Waals surface area contributed by atoms with Gasteiger partial charge in [0.05, 0.1) is 6.20 Å². The summed E-state index contributed by atoms with van der Waals surface area (Å²) in [6, 6.07) is 3.37. The lowest BCUT2D eigenvalue weighted by Gasteiger charge is -1.89. The third kappa shape index (κ3) is 0.980. The van der Waals surface area contributed by atoms with Crippen molar-refractivity contribution in [1.82, 2.24) is 9.97 Å². The van der Waals surface area contributed by atoms with Crippen LogP contribution in [0.2, 0.25) is 0 Å². The molecular formula is C7H4N2O2. The zero-order chi connectivity index (χ0) is 7.68. The Balaban J connectivity index is 2.94.